The Kier molecular flexibility index (Phi) is 2.73. The zero-order valence-electron chi connectivity index (χ0n) is 10.1. The molecule has 2 fully saturated rings. The number of imide groups is 1. The van der Waals surface area contributed by atoms with Crippen LogP contribution >= 0.6 is 0 Å². The van der Waals surface area contributed by atoms with E-state index >= 15 is 0 Å². The highest BCUT2D eigenvalue weighted by Crippen LogP contribution is 2.21. The summed E-state index contributed by atoms with van der Waals surface area (Å²) in [5.41, 5.74) is 0.509. The number of rotatable bonds is 3. The van der Waals surface area contributed by atoms with Crippen molar-refractivity contribution >= 4 is 17.9 Å². The average molecular weight is 264 g/mol. The van der Waals surface area contributed by atoms with Crippen molar-refractivity contribution in [2.45, 2.75) is 0 Å². The molecule has 3 amide bonds. The fraction of sp³-hybridized carbons (Fsp3) is 0.417. The van der Waals surface area contributed by atoms with E-state index in [0.29, 0.717) is 25.2 Å². The molecule has 2 aliphatic rings. The van der Waals surface area contributed by atoms with E-state index in [2.05, 4.69) is 4.74 Å². The van der Waals surface area contributed by atoms with Gasteiger partial charge in [0.05, 0.1) is 11.8 Å². The number of ether oxygens (including phenoxy) is 1. The lowest BCUT2D eigenvalue weighted by atomic mass is 9.98. The van der Waals surface area contributed by atoms with Gasteiger partial charge in [-0.15, -0.1) is 0 Å². The van der Waals surface area contributed by atoms with Crippen molar-refractivity contribution in [3.05, 3.63) is 24.2 Å². The molecule has 0 aromatic carbocycles. The Morgan fingerprint density at radius 3 is 2.74 bits per heavy atom. The van der Waals surface area contributed by atoms with Gasteiger partial charge in [0.1, 0.15) is 6.26 Å². The van der Waals surface area contributed by atoms with Crippen LogP contribution in [0.15, 0.2) is 23.0 Å². The normalized spacial score (nSPS) is 19.6. The molecule has 0 bridgehead atoms. The van der Waals surface area contributed by atoms with Gasteiger partial charge in [-0.05, 0) is 6.07 Å². The van der Waals surface area contributed by atoms with E-state index in [1.54, 1.807) is 11.0 Å². The number of hydrogen-bond acceptors (Lipinski definition) is 5. The van der Waals surface area contributed by atoms with Crippen molar-refractivity contribution in [1.82, 2.24) is 9.80 Å². The number of cyclic esters (lactones) is 1. The molecule has 0 N–H and O–H groups in total. The molecule has 1 aromatic rings. The van der Waals surface area contributed by atoms with E-state index in [0.717, 1.165) is 4.90 Å². The summed E-state index contributed by atoms with van der Waals surface area (Å²) in [6, 6.07) is 1.61. The third-order valence-corrected chi connectivity index (χ3v) is 3.29. The van der Waals surface area contributed by atoms with Gasteiger partial charge in [0, 0.05) is 25.6 Å². The fourth-order valence-corrected chi connectivity index (χ4v) is 2.24. The van der Waals surface area contributed by atoms with Crippen LogP contribution in [0.2, 0.25) is 0 Å². The van der Waals surface area contributed by atoms with Gasteiger partial charge in [0.15, 0.2) is 6.61 Å². The maximum absolute atomic E-state index is 11.9. The first-order valence-corrected chi connectivity index (χ1v) is 5.94. The predicted molar refractivity (Wildman–Crippen MR) is 61.2 cm³/mol. The Balaban J connectivity index is 1.52. The highest BCUT2D eigenvalue weighted by molar-refractivity contribution is 5.98. The molecule has 3 heterocycles. The molecule has 0 atom stereocenters. The summed E-state index contributed by atoms with van der Waals surface area (Å²) < 4.78 is 9.48. The zero-order valence-corrected chi connectivity index (χ0v) is 10.1. The molecule has 2 aliphatic heterocycles. The third-order valence-electron chi connectivity index (χ3n) is 3.29. The van der Waals surface area contributed by atoms with Crippen LogP contribution in [0.4, 0.5) is 4.79 Å². The van der Waals surface area contributed by atoms with Gasteiger partial charge in [-0.2, -0.15) is 0 Å². The number of carbonyl (C=O) groups is 3. The minimum Gasteiger partial charge on any atom is -0.472 e. The Labute approximate surface area is 108 Å². The molecule has 1 aromatic heterocycles. The van der Waals surface area contributed by atoms with Gasteiger partial charge in [0.2, 0.25) is 0 Å². The van der Waals surface area contributed by atoms with Crippen molar-refractivity contribution in [2.75, 3.05) is 26.2 Å². The molecule has 0 saturated carbocycles. The SMILES string of the molecule is O=C(c1ccoc1)N1CC(CN2C(=O)COC2=O)C1. The highest BCUT2D eigenvalue weighted by Gasteiger charge is 2.38. The Morgan fingerprint density at radius 1 is 1.37 bits per heavy atom. The molecule has 0 radical (unpaired) electrons. The van der Waals surface area contributed by atoms with Gasteiger partial charge in [-0.3, -0.25) is 9.59 Å². The van der Waals surface area contributed by atoms with E-state index in [-0.39, 0.29) is 24.3 Å². The minimum absolute atomic E-state index is 0.0969. The van der Waals surface area contributed by atoms with Crippen LogP contribution in [0.5, 0.6) is 0 Å². The van der Waals surface area contributed by atoms with Crippen molar-refractivity contribution in [2.24, 2.45) is 5.92 Å². The molecule has 100 valence electrons. The summed E-state index contributed by atoms with van der Waals surface area (Å²) in [7, 11) is 0. The highest BCUT2D eigenvalue weighted by atomic mass is 16.6. The largest absolute Gasteiger partial charge is 0.472 e. The van der Waals surface area contributed by atoms with Crippen molar-refractivity contribution < 1.29 is 23.5 Å². The van der Waals surface area contributed by atoms with Gasteiger partial charge in [-0.25, -0.2) is 9.69 Å². The predicted octanol–water partition coefficient (Wildman–Crippen LogP) is 0.330. The van der Waals surface area contributed by atoms with E-state index < -0.39 is 6.09 Å². The van der Waals surface area contributed by atoms with Crippen LogP contribution in [-0.2, 0) is 9.53 Å². The first-order chi connectivity index (χ1) is 9.15. The number of amides is 3. The Morgan fingerprint density at radius 2 is 2.16 bits per heavy atom. The van der Waals surface area contributed by atoms with E-state index in [1.165, 1.54) is 12.5 Å². The Hall–Kier alpha value is -2.31. The van der Waals surface area contributed by atoms with Crippen molar-refractivity contribution in [3.63, 3.8) is 0 Å². The molecule has 19 heavy (non-hydrogen) atoms. The van der Waals surface area contributed by atoms with Gasteiger partial charge < -0.3 is 14.1 Å². The van der Waals surface area contributed by atoms with Gasteiger partial charge in [0.25, 0.3) is 11.8 Å². The van der Waals surface area contributed by atoms with Gasteiger partial charge in [-0.1, -0.05) is 0 Å². The van der Waals surface area contributed by atoms with Crippen LogP contribution < -0.4 is 0 Å². The standard InChI is InChI=1S/C12H12N2O5/c15-10-7-19-12(17)14(10)5-8-3-13(4-8)11(16)9-1-2-18-6-9/h1-2,6,8H,3-5,7H2. The number of likely N-dealkylation sites (tertiary alicyclic amines) is 1. The molecule has 0 spiro atoms. The van der Waals surface area contributed by atoms with Crippen molar-refractivity contribution in [3.8, 4) is 0 Å². The average Bonchev–Trinajstić information content (AvgIpc) is 2.96. The van der Waals surface area contributed by atoms with E-state index in [1.807, 2.05) is 0 Å². The number of nitrogens with zero attached hydrogens (tertiary/aromatic N) is 2. The lowest BCUT2D eigenvalue weighted by Gasteiger charge is -2.39. The smallest absolute Gasteiger partial charge is 0.417 e. The molecule has 3 rings (SSSR count). The second-order valence-corrected chi connectivity index (χ2v) is 4.65. The summed E-state index contributed by atoms with van der Waals surface area (Å²) in [6.45, 7) is 1.19. The van der Waals surface area contributed by atoms with Crippen LogP contribution in [-0.4, -0.2) is 53.9 Å². The quantitative estimate of drug-likeness (QED) is 0.786. The minimum atomic E-state index is -0.593. The first-order valence-electron chi connectivity index (χ1n) is 5.94. The summed E-state index contributed by atoms with van der Waals surface area (Å²) in [6.07, 6.45) is 2.25. The summed E-state index contributed by atoms with van der Waals surface area (Å²) in [4.78, 5) is 37.3. The summed E-state index contributed by atoms with van der Waals surface area (Å²) in [5.74, 6) is -0.296. The third kappa shape index (κ3) is 2.07. The molecule has 7 nitrogen and oxygen atoms in total. The maximum Gasteiger partial charge on any atom is 0.417 e. The molecular weight excluding hydrogens is 252 g/mol. The number of furan rings is 1. The molecule has 0 unspecified atom stereocenters. The van der Waals surface area contributed by atoms with Crippen LogP contribution in [0, 0.1) is 5.92 Å². The molecule has 7 heteroatoms. The van der Waals surface area contributed by atoms with E-state index in [4.69, 9.17) is 4.42 Å². The molecule has 2 saturated heterocycles. The number of hydrogen-bond donors (Lipinski definition) is 0. The fourth-order valence-electron chi connectivity index (χ4n) is 2.24. The zero-order chi connectivity index (χ0) is 13.4. The lowest BCUT2D eigenvalue weighted by Crippen LogP contribution is -2.54. The number of carbonyl (C=O) groups excluding carboxylic acids is 3. The monoisotopic (exact) mass is 264 g/mol. The summed E-state index contributed by atoms with van der Waals surface area (Å²) in [5, 5.41) is 0. The van der Waals surface area contributed by atoms with Crippen LogP contribution in [0.1, 0.15) is 10.4 Å². The molecular formula is C12H12N2O5. The first kappa shape index (κ1) is 11.8. The van der Waals surface area contributed by atoms with E-state index in [9.17, 15) is 14.4 Å². The van der Waals surface area contributed by atoms with Crippen molar-refractivity contribution in [1.29, 1.82) is 0 Å². The topological polar surface area (TPSA) is 80.1 Å². The lowest BCUT2D eigenvalue weighted by molar-refractivity contribution is -0.126. The summed E-state index contributed by atoms with van der Waals surface area (Å²) >= 11 is 0. The molecule has 0 aliphatic carbocycles. The Bertz CT molecular complexity index is 502. The van der Waals surface area contributed by atoms with Crippen LogP contribution in [0.25, 0.3) is 0 Å². The second-order valence-electron chi connectivity index (χ2n) is 4.65. The van der Waals surface area contributed by atoms with Gasteiger partial charge >= 0.3 is 6.09 Å². The maximum atomic E-state index is 11.9. The second kappa shape index (κ2) is 4.42. The van der Waals surface area contributed by atoms with Crippen LogP contribution in [0.3, 0.4) is 0 Å².